The van der Waals surface area contributed by atoms with E-state index >= 15 is 0 Å². The number of carboxylic acids is 1. The van der Waals surface area contributed by atoms with Crippen molar-refractivity contribution in [3.05, 3.63) is 30.1 Å². The largest absolute Gasteiger partial charge is 0.481 e. The van der Waals surface area contributed by atoms with E-state index in [0.717, 1.165) is 0 Å². The summed E-state index contributed by atoms with van der Waals surface area (Å²) in [6, 6.07) is 4.76. The van der Waals surface area contributed by atoms with Crippen molar-refractivity contribution < 1.29 is 28.7 Å². The van der Waals surface area contributed by atoms with Gasteiger partial charge in [0.05, 0.1) is 11.8 Å². The summed E-state index contributed by atoms with van der Waals surface area (Å²) in [7, 11) is 0. The van der Waals surface area contributed by atoms with E-state index in [1.54, 1.807) is 4.90 Å². The fourth-order valence-corrected chi connectivity index (χ4v) is 4.08. The smallest absolute Gasteiger partial charge is 0.306 e. The molecule has 0 aliphatic carbocycles. The number of amides is 3. The Kier molecular flexibility index (Phi) is 6.92. The highest BCUT2D eigenvalue weighted by molar-refractivity contribution is 6.01. The lowest BCUT2D eigenvalue weighted by molar-refractivity contribution is -0.146. The number of nitrogens with one attached hydrogen (secondary N) is 1. The van der Waals surface area contributed by atoms with Crippen molar-refractivity contribution >= 4 is 29.4 Å². The average Bonchev–Trinajstić information content (AvgIpc) is 3.13. The molecule has 0 saturated carbocycles. The maximum absolute atomic E-state index is 13.2. The van der Waals surface area contributed by atoms with Crippen molar-refractivity contribution in [3.8, 4) is 0 Å². The van der Waals surface area contributed by atoms with Crippen LogP contribution in [0.1, 0.15) is 33.1 Å². The van der Waals surface area contributed by atoms with Gasteiger partial charge in [0, 0.05) is 31.7 Å². The molecular weight excluding hydrogens is 405 g/mol. The van der Waals surface area contributed by atoms with E-state index in [9.17, 15) is 23.6 Å². The number of hydrogen-bond donors (Lipinski definition) is 2. The van der Waals surface area contributed by atoms with Gasteiger partial charge < -0.3 is 20.2 Å². The second kappa shape index (κ2) is 9.45. The fraction of sp³-hybridized carbons (Fsp3) is 0.545. The molecule has 1 aromatic carbocycles. The van der Waals surface area contributed by atoms with Crippen LogP contribution < -0.4 is 10.2 Å². The lowest BCUT2D eigenvalue weighted by atomic mass is 9.95. The van der Waals surface area contributed by atoms with Gasteiger partial charge in [-0.15, -0.1) is 0 Å². The number of anilines is 1. The number of carboxylic acid groups (broad SMARTS) is 1. The zero-order valence-electron chi connectivity index (χ0n) is 17.7. The molecule has 3 amide bonds. The van der Waals surface area contributed by atoms with Crippen LogP contribution in [0.25, 0.3) is 0 Å². The summed E-state index contributed by atoms with van der Waals surface area (Å²) in [6.07, 6.45) is 0.805. The van der Waals surface area contributed by atoms with Crippen molar-refractivity contribution in [3.63, 3.8) is 0 Å². The second-order valence-corrected chi connectivity index (χ2v) is 8.55. The zero-order valence-corrected chi connectivity index (χ0v) is 17.7. The molecular formula is C22H28FN3O5. The number of likely N-dealkylation sites (tertiary alicyclic amines) is 1. The van der Waals surface area contributed by atoms with Crippen LogP contribution in [0.2, 0.25) is 0 Å². The average molecular weight is 433 g/mol. The highest BCUT2D eigenvalue weighted by Gasteiger charge is 2.38. The van der Waals surface area contributed by atoms with Crippen LogP contribution in [-0.4, -0.2) is 59.4 Å². The number of nitrogens with zero attached hydrogens (tertiary/aromatic N) is 2. The minimum atomic E-state index is -0.850. The van der Waals surface area contributed by atoms with E-state index in [4.69, 9.17) is 5.11 Å². The summed E-state index contributed by atoms with van der Waals surface area (Å²) in [5.74, 6) is -3.30. The third kappa shape index (κ3) is 5.21. The molecule has 2 saturated heterocycles. The van der Waals surface area contributed by atoms with Crippen LogP contribution in [0, 0.1) is 23.6 Å². The summed E-state index contributed by atoms with van der Waals surface area (Å²) < 4.78 is 13.2. The Morgan fingerprint density at radius 2 is 1.71 bits per heavy atom. The zero-order chi connectivity index (χ0) is 22.7. The number of piperidine rings is 1. The Bertz CT molecular complexity index is 849. The van der Waals surface area contributed by atoms with Gasteiger partial charge in [-0.25, -0.2) is 4.39 Å². The number of benzene rings is 1. The Labute approximate surface area is 180 Å². The molecule has 0 spiro atoms. The molecule has 2 aliphatic heterocycles. The Balaban J connectivity index is 1.62. The van der Waals surface area contributed by atoms with E-state index < -0.39 is 29.7 Å². The third-order valence-corrected chi connectivity index (χ3v) is 6.02. The molecule has 9 heteroatoms. The van der Waals surface area contributed by atoms with E-state index in [2.05, 4.69) is 5.32 Å². The molecule has 2 aliphatic rings. The number of aliphatic carboxylic acids is 1. The molecule has 0 bridgehead atoms. The Hall–Kier alpha value is -2.97. The van der Waals surface area contributed by atoms with Gasteiger partial charge in [-0.1, -0.05) is 13.8 Å². The standard InChI is InChI=1S/C22H28FN3O5/c1-13(2)19(21(29)25-9-7-14(8-10-25)22(30)31)24-20(28)15-11-18(27)26(12-15)17-5-3-16(23)4-6-17/h3-6,13-15,19H,7-12H2,1-2H3,(H,24,28)(H,30,31). The summed E-state index contributed by atoms with van der Waals surface area (Å²) in [5.41, 5.74) is 0.527. The first-order valence-corrected chi connectivity index (χ1v) is 10.5. The van der Waals surface area contributed by atoms with Crippen molar-refractivity contribution in [2.45, 2.75) is 39.2 Å². The summed E-state index contributed by atoms with van der Waals surface area (Å²) in [5, 5.41) is 11.9. The number of halogens is 1. The minimum Gasteiger partial charge on any atom is -0.481 e. The maximum Gasteiger partial charge on any atom is 0.306 e. The first-order valence-electron chi connectivity index (χ1n) is 10.5. The quantitative estimate of drug-likeness (QED) is 0.709. The fourth-order valence-electron chi connectivity index (χ4n) is 4.08. The molecule has 3 rings (SSSR count). The molecule has 0 aromatic heterocycles. The molecule has 2 fully saturated rings. The number of carbonyl (C=O) groups excluding carboxylic acids is 3. The topological polar surface area (TPSA) is 107 Å². The van der Waals surface area contributed by atoms with Crippen LogP contribution in [0.4, 0.5) is 10.1 Å². The van der Waals surface area contributed by atoms with Gasteiger partial charge in [0.15, 0.2) is 0 Å². The van der Waals surface area contributed by atoms with Crippen molar-refractivity contribution in [2.24, 2.45) is 17.8 Å². The highest BCUT2D eigenvalue weighted by Crippen LogP contribution is 2.26. The van der Waals surface area contributed by atoms with E-state index in [-0.39, 0.29) is 36.6 Å². The van der Waals surface area contributed by atoms with Gasteiger partial charge in [-0.3, -0.25) is 19.2 Å². The molecule has 2 atom stereocenters. The summed E-state index contributed by atoms with van der Waals surface area (Å²) >= 11 is 0. The Morgan fingerprint density at radius 3 is 2.26 bits per heavy atom. The van der Waals surface area contributed by atoms with Crippen LogP contribution >= 0.6 is 0 Å². The molecule has 1 aromatic rings. The first kappa shape index (κ1) is 22.7. The Morgan fingerprint density at radius 1 is 1.10 bits per heavy atom. The molecule has 0 radical (unpaired) electrons. The first-order chi connectivity index (χ1) is 14.7. The van der Waals surface area contributed by atoms with Gasteiger partial charge >= 0.3 is 5.97 Å². The van der Waals surface area contributed by atoms with Crippen molar-refractivity contribution in [1.82, 2.24) is 10.2 Å². The summed E-state index contributed by atoms with van der Waals surface area (Å²) in [6.45, 7) is 4.51. The van der Waals surface area contributed by atoms with Gasteiger partial charge in [-0.05, 0) is 43.0 Å². The van der Waals surface area contributed by atoms with Gasteiger partial charge in [0.25, 0.3) is 0 Å². The molecule has 2 heterocycles. The van der Waals surface area contributed by atoms with Crippen LogP contribution in [-0.2, 0) is 19.2 Å². The normalized spacial score (nSPS) is 20.8. The van der Waals surface area contributed by atoms with E-state index in [0.29, 0.717) is 31.6 Å². The van der Waals surface area contributed by atoms with Crippen molar-refractivity contribution in [2.75, 3.05) is 24.5 Å². The predicted octanol–water partition coefficient (Wildman–Crippen LogP) is 1.64. The molecule has 2 N–H and O–H groups in total. The highest BCUT2D eigenvalue weighted by atomic mass is 19.1. The molecule has 31 heavy (non-hydrogen) atoms. The SMILES string of the molecule is CC(C)C(NC(=O)C1CC(=O)N(c2ccc(F)cc2)C1)C(=O)N1CCC(C(=O)O)CC1. The van der Waals surface area contributed by atoms with E-state index in [1.165, 1.54) is 29.2 Å². The number of rotatable bonds is 6. The number of hydrogen-bond acceptors (Lipinski definition) is 4. The second-order valence-electron chi connectivity index (χ2n) is 8.55. The lowest BCUT2D eigenvalue weighted by Gasteiger charge is -2.34. The minimum absolute atomic E-state index is 0.0201. The van der Waals surface area contributed by atoms with Crippen LogP contribution in [0.5, 0.6) is 0 Å². The maximum atomic E-state index is 13.2. The molecule has 8 nitrogen and oxygen atoms in total. The molecule has 168 valence electrons. The third-order valence-electron chi connectivity index (χ3n) is 6.02. The van der Waals surface area contributed by atoms with Crippen molar-refractivity contribution in [1.29, 1.82) is 0 Å². The summed E-state index contributed by atoms with van der Waals surface area (Å²) in [4.78, 5) is 52.4. The van der Waals surface area contributed by atoms with E-state index in [1.807, 2.05) is 13.8 Å². The van der Waals surface area contributed by atoms with Crippen LogP contribution in [0.3, 0.4) is 0 Å². The predicted molar refractivity (Wildman–Crippen MR) is 111 cm³/mol. The monoisotopic (exact) mass is 433 g/mol. The van der Waals surface area contributed by atoms with Crippen LogP contribution in [0.15, 0.2) is 24.3 Å². The van der Waals surface area contributed by atoms with Gasteiger partial charge in [0.2, 0.25) is 17.7 Å². The van der Waals surface area contributed by atoms with Gasteiger partial charge in [0.1, 0.15) is 11.9 Å². The van der Waals surface area contributed by atoms with Gasteiger partial charge in [-0.2, -0.15) is 0 Å². The molecule has 2 unspecified atom stereocenters. The lowest BCUT2D eigenvalue weighted by Crippen LogP contribution is -2.54. The number of carbonyl (C=O) groups is 4.